The van der Waals surface area contributed by atoms with E-state index in [9.17, 15) is 4.79 Å². The Morgan fingerprint density at radius 2 is 1.85 bits per heavy atom. The van der Waals surface area contributed by atoms with Crippen LogP contribution < -0.4 is 5.69 Å². The molecule has 0 saturated heterocycles. The zero-order chi connectivity index (χ0) is 22.4. The van der Waals surface area contributed by atoms with Gasteiger partial charge in [-0.05, 0) is 48.0 Å². The minimum Gasteiger partial charge on any atom is -0.306 e. The van der Waals surface area contributed by atoms with Crippen molar-refractivity contribution >= 4 is 22.1 Å². The van der Waals surface area contributed by atoms with Gasteiger partial charge >= 0.3 is 5.69 Å². The largest absolute Gasteiger partial charge is 0.323 e. The number of nitrogens with zero attached hydrogens (tertiary/aromatic N) is 7. The first-order chi connectivity index (χ1) is 16.2. The monoisotopic (exact) mass is 433 g/mol. The van der Waals surface area contributed by atoms with Crippen molar-refractivity contribution < 1.29 is 0 Å². The molecule has 0 aliphatic carbocycles. The molecule has 0 unspecified atom stereocenters. The molecule has 6 rings (SSSR count). The molecule has 0 fully saturated rings. The number of pyridine rings is 1. The Bertz CT molecular complexity index is 1730. The zero-order valence-electron chi connectivity index (χ0n) is 17.1. The smallest absolute Gasteiger partial charge is 0.306 e. The van der Waals surface area contributed by atoms with Crippen LogP contribution >= 0.6 is 0 Å². The molecule has 0 spiro atoms. The van der Waals surface area contributed by atoms with E-state index in [0.29, 0.717) is 23.1 Å². The van der Waals surface area contributed by atoms with Crippen LogP contribution in [0.3, 0.4) is 0 Å². The third-order valence-corrected chi connectivity index (χ3v) is 5.47. The van der Waals surface area contributed by atoms with Crippen LogP contribution in [0.4, 0.5) is 0 Å². The maximum absolute atomic E-state index is 11.6. The van der Waals surface area contributed by atoms with Crippen LogP contribution in [0.25, 0.3) is 39.1 Å². The predicted octanol–water partition coefficient (Wildman–Crippen LogP) is 2.77. The summed E-state index contributed by atoms with van der Waals surface area (Å²) in [5.41, 5.74) is 6.58. The summed E-state index contributed by atoms with van der Waals surface area (Å²) in [5, 5.41) is 22.0. The van der Waals surface area contributed by atoms with Crippen LogP contribution in [0.15, 0.2) is 71.8 Å². The lowest BCUT2D eigenvalue weighted by Gasteiger charge is -2.08. The maximum atomic E-state index is 11.6. The summed E-state index contributed by atoms with van der Waals surface area (Å²) in [6.45, 7) is 0.544. The summed E-state index contributed by atoms with van der Waals surface area (Å²) in [6.07, 6.45) is 3.42. The summed E-state index contributed by atoms with van der Waals surface area (Å²) in [5.74, 6) is 0. The van der Waals surface area contributed by atoms with Crippen molar-refractivity contribution in [1.82, 2.24) is 39.7 Å². The van der Waals surface area contributed by atoms with Crippen molar-refractivity contribution in [2.24, 2.45) is 0 Å². The van der Waals surface area contributed by atoms with Crippen LogP contribution in [0.2, 0.25) is 0 Å². The molecule has 0 aliphatic rings. The molecule has 2 N–H and O–H groups in total. The number of fused-ring (bicyclic) bond motifs is 2. The molecule has 6 aromatic rings. The Morgan fingerprint density at radius 3 is 2.70 bits per heavy atom. The van der Waals surface area contributed by atoms with Gasteiger partial charge in [-0.15, -0.1) is 5.10 Å². The third kappa shape index (κ3) is 3.24. The fourth-order valence-corrected chi connectivity index (χ4v) is 3.84. The normalized spacial score (nSPS) is 11.2. The second-order valence-corrected chi connectivity index (χ2v) is 7.55. The van der Waals surface area contributed by atoms with Crippen LogP contribution in [0, 0.1) is 11.3 Å². The van der Waals surface area contributed by atoms with Gasteiger partial charge in [-0.3, -0.25) is 9.67 Å². The third-order valence-electron chi connectivity index (χ3n) is 5.47. The highest BCUT2D eigenvalue weighted by Crippen LogP contribution is 2.24. The van der Waals surface area contributed by atoms with Crippen LogP contribution in [-0.2, 0) is 6.54 Å². The summed E-state index contributed by atoms with van der Waals surface area (Å²) in [7, 11) is 0. The topological polar surface area (TPSA) is 134 Å². The molecular weight excluding hydrogens is 418 g/mol. The van der Waals surface area contributed by atoms with Gasteiger partial charge in [0.2, 0.25) is 0 Å². The summed E-state index contributed by atoms with van der Waals surface area (Å²) >= 11 is 0. The maximum Gasteiger partial charge on any atom is 0.323 e. The number of imidazole rings is 1. The van der Waals surface area contributed by atoms with E-state index in [0.717, 1.165) is 33.7 Å². The van der Waals surface area contributed by atoms with Gasteiger partial charge in [0.25, 0.3) is 0 Å². The molecule has 0 saturated carbocycles. The number of hydrogen-bond acceptors (Lipinski definition) is 6. The first kappa shape index (κ1) is 18.7. The number of nitriles is 1. The van der Waals surface area contributed by atoms with Crippen molar-refractivity contribution in [3.8, 4) is 23.1 Å². The molecule has 0 bridgehead atoms. The van der Waals surface area contributed by atoms with Gasteiger partial charge in [0, 0.05) is 6.20 Å². The molecule has 33 heavy (non-hydrogen) atoms. The Labute approximate surface area is 185 Å². The lowest BCUT2D eigenvalue weighted by atomic mass is 10.1. The molecule has 10 nitrogen and oxygen atoms in total. The van der Waals surface area contributed by atoms with E-state index in [-0.39, 0.29) is 5.69 Å². The minimum atomic E-state index is -0.257. The molecule has 0 aliphatic heterocycles. The van der Waals surface area contributed by atoms with E-state index in [2.05, 4.69) is 36.4 Å². The second-order valence-electron chi connectivity index (χ2n) is 7.55. The number of hydrogen-bond donors (Lipinski definition) is 2. The van der Waals surface area contributed by atoms with Gasteiger partial charge in [-0.2, -0.15) is 10.4 Å². The number of aromatic nitrogens is 8. The molecule has 4 aromatic heterocycles. The summed E-state index contributed by atoms with van der Waals surface area (Å²) in [4.78, 5) is 21.7. The average Bonchev–Trinajstić information content (AvgIpc) is 3.56. The number of rotatable bonds is 4. The molecular formula is C23H15N9O. The number of benzene rings is 2. The van der Waals surface area contributed by atoms with E-state index in [1.54, 1.807) is 29.2 Å². The van der Waals surface area contributed by atoms with Gasteiger partial charge in [0.05, 0.1) is 58.0 Å². The zero-order valence-corrected chi connectivity index (χ0v) is 17.1. The Hall–Kier alpha value is -5.04. The molecule has 2 aromatic carbocycles. The molecule has 158 valence electrons. The van der Waals surface area contributed by atoms with Gasteiger partial charge in [0.1, 0.15) is 5.52 Å². The summed E-state index contributed by atoms with van der Waals surface area (Å²) < 4.78 is 3.58. The number of nitrogens with one attached hydrogen (secondary N) is 2. The van der Waals surface area contributed by atoms with Gasteiger partial charge in [-0.25, -0.2) is 9.48 Å². The quantitative estimate of drug-likeness (QED) is 0.439. The van der Waals surface area contributed by atoms with Crippen molar-refractivity contribution in [2.45, 2.75) is 6.54 Å². The number of aromatic amines is 2. The van der Waals surface area contributed by atoms with Crippen molar-refractivity contribution in [3.05, 3.63) is 88.6 Å². The molecule has 0 amide bonds. The van der Waals surface area contributed by atoms with Crippen LogP contribution in [0.5, 0.6) is 0 Å². The minimum absolute atomic E-state index is 0.257. The first-order valence-electron chi connectivity index (χ1n) is 10.1. The van der Waals surface area contributed by atoms with Gasteiger partial charge < -0.3 is 9.97 Å². The molecule has 4 heterocycles. The fraction of sp³-hybridized carbons (Fsp3) is 0.0435. The lowest BCUT2D eigenvalue weighted by molar-refractivity contribution is 0.693. The Kier molecular flexibility index (Phi) is 4.13. The van der Waals surface area contributed by atoms with Crippen molar-refractivity contribution in [3.63, 3.8) is 0 Å². The highest BCUT2D eigenvalue weighted by atomic mass is 16.1. The molecule has 0 atom stereocenters. The van der Waals surface area contributed by atoms with E-state index in [4.69, 9.17) is 5.26 Å². The van der Waals surface area contributed by atoms with Crippen molar-refractivity contribution in [1.29, 1.82) is 5.26 Å². The SMILES string of the molecule is N#Cc1ccc(Cn2nccc2-c2cc3c(cn2)nnn3-c2ccc3[nH]c(=O)[nH]c3c2)cc1. The molecule has 0 radical (unpaired) electrons. The van der Waals surface area contributed by atoms with E-state index in [1.807, 2.05) is 47.1 Å². The van der Waals surface area contributed by atoms with Crippen LogP contribution in [0.1, 0.15) is 11.1 Å². The van der Waals surface area contributed by atoms with Crippen LogP contribution in [-0.4, -0.2) is 39.7 Å². The van der Waals surface area contributed by atoms with E-state index in [1.165, 1.54) is 0 Å². The standard InChI is InChI=1S/C23H15N9O/c24-11-14-1-3-15(4-2-14)13-31-21(7-8-26-31)19-10-22-20(12-25-19)29-30-32(22)16-5-6-17-18(9-16)28-23(33)27-17/h1-10,12H,13H2,(H2,27,28,33). The lowest BCUT2D eigenvalue weighted by Crippen LogP contribution is -2.04. The molecule has 10 heteroatoms. The second kappa shape index (κ2) is 7.28. The van der Waals surface area contributed by atoms with E-state index < -0.39 is 0 Å². The van der Waals surface area contributed by atoms with Gasteiger partial charge in [0.15, 0.2) is 0 Å². The predicted molar refractivity (Wildman–Crippen MR) is 121 cm³/mol. The first-order valence-corrected chi connectivity index (χ1v) is 10.1. The highest BCUT2D eigenvalue weighted by molar-refractivity contribution is 5.82. The Balaban J connectivity index is 1.40. The van der Waals surface area contributed by atoms with Gasteiger partial charge in [-0.1, -0.05) is 17.3 Å². The number of H-pyrrole nitrogens is 2. The fourth-order valence-electron chi connectivity index (χ4n) is 3.84. The van der Waals surface area contributed by atoms with Crippen molar-refractivity contribution in [2.75, 3.05) is 0 Å². The summed E-state index contributed by atoms with van der Waals surface area (Å²) in [6, 6.07) is 18.9. The Morgan fingerprint density at radius 1 is 1.00 bits per heavy atom. The average molecular weight is 433 g/mol. The van der Waals surface area contributed by atoms with E-state index >= 15 is 0 Å². The highest BCUT2D eigenvalue weighted by Gasteiger charge is 2.13.